The Balaban J connectivity index is 1.79. The number of nitrogens with two attached hydrogens (primary N) is 1. The van der Waals surface area contributed by atoms with Crippen molar-refractivity contribution in [3.8, 4) is 22.1 Å². The van der Waals surface area contributed by atoms with Gasteiger partial charge in [0.25, 0.3) is 5.91 Å². The first kappa shape index (κ1) is 22.1. The van der Waals surface area contributed by atoms with Crippen molar-refractivity contribution in [1.29, 1.82) is 0 Å². The van der Waals surface area contributed by atoms with Crippen LogP contribution in [0.4, 0.5) is 5.13 Å². The van der Waals surface area contributed by atoms with Crippen LogP contribution in [0.2, 0.25) is 0 Å². The number of methoxy groups -OCH3 is 2. The zero-order valence-corrected chi connectivity index (χ0v) is 19.2. The Bertz CT molecular complexity index is 1090. The number of anilines is 1. The molecule has 0 spiro atoms. The fourth-order valence-corrected chi connectivity index (χ4v) is 5.39. The Morgan fingerprint density at radius 3 is 2.50 bits per heavy atom. The van der Waals surface area contributed by atoms with E-state index in [0.29, 0.717) is 32.2 Å². The molecule has 2 amide bonds. The minimum Gasteiger partial charge on any atom is -0.493 e. The number of thiazole rings is 2. The normalized spacial score (nSPS) is 10.7. The summed E-state index contributed by atoms with van der Waals surface area (Å²) >= 11 is 3.91. The van der Waals surface area contributed by atoms with Crippen molar-refractivity contribution in [1.82, 2.24) is 9.97 Å². The fourth-order valence-electron chi connectivity index (χ4n) is 2.56. The van der Waals surface area contributed by atoms with Crippen molar-refractivity contribution in [2.24, 2.45) is 5.73 Å². The molecule has 1 aromatic carbocycles. The van der Waals surface area contributed by atoms with Crippen molar-refractivity contribution < 1.29 is 19.1 Å². The van der Waals surface area contributed by atoms with Gasteiger partial charge in [-0.05, 0) is 32.0 Å². The third-order valence-corrected chi connectivity index (χ3v) is 7.62. The molecular weight excluding hydrogens is 444 g/mol. The second-order valence-corrected chi connectivity index (χ2v) is 9.35. The number of carbonyl (C=O) groups excluding carboxylic acids is 2. The summed E-state index contributed by atoms with van der Waals surface area (Å²) in [4.78, 5) is 33.2. The average Bonchev–Trinajstić information content (AvgIpc) is 3.27. The van der Waals surface area contributed by atoms with Gasteiger partial charge in [0.15, 0.2) is 16.6 Å². The molecule has 0 aliphatic heterocycles. The number of hydrogen-bond donors (Lipinski definition) is 2. The minimum absolute atomic E-state index is 0.166. The van der Waals surface area contributed by atoms with Gasteiger partial charge in [-0.15, -0.1) is 23.1 Å². The van der Waals surface area contributed by atoms with Gasteiger partial charge in [-0.1, -0.05) is 11.3 Å². The Kier molecular flexibility index (Phi) is 6.95. The van der Waals surface area contributed by atoms with Crippen LogP contribution in [0.5, 0.6) is 11.5 Å². The van der Waals surface area contributed by atoms with Crippen LogP contribution in [0.15, 0.2) is 22.4 Å². The number of hydrogen-bond acceptors (Lipinski definition) is 9. The van der Waals surface area contributed by atoms with Gasteiger partial charge >= 0.3 is 0 Å². The third-order valence-electron chi connectivity index (χ3n) is 3.95. The second kappa shape index (κ2) is 9.45. The second-order valence-electron chi connectivity index (χ2n) is 6.10. The molecule has 0 atom stereocenters. The van der Waals surface area contributed by atoms with Crippen LogP contribution >= 0.6 is 34.4 Å². The van der Waals surface area contributed by atoms with Crippen molar-refractivity contribution in [2.45, 2.75) is 18.1 Å². The van der Waals surface area contributed by atoms with Gasteiger partial charge < -0.3 is 15.2 Å². The molecule has 2 aromatic heterocycles. The van der Waals surface area contributed by atoms with Crippen molar-refractivity contribution >= 4 is 51.4 Å². The van der Waals surface area contributed by atoms with Crippen molar-refractivity contribution in [3.05, 3.63) is 34.5 Å². The lowest BCUT2D eigenvalue weighted by molar-refractivity contribution is -0.115. The van der Waals surface area contributed by atoms with Gasteiger partial charge in [0.1, 0.15) is 9.88 Å². The highest BCUT2D eigenvalue weighted by molar-refractivity contribution is 8.01. The summed E-state index contributed by atoms with van der Waals surface area (Å²) in [5.74, 6) is 0.696. The van der Waals surface area contributed by atoms with E-state index >= 15 is 0 Å². The van der Waals surface area contributed by atoms with Crippen LogP contribution in [-0.4, -0.2) is 41.8 Å². The molecule has 3 aromatic rings. The number of amides is 2. The molecular formula is C19H20N4O4S3. The maximum absolute atomic E-state index is 12.8. The maximum atomic E-state index is 12.8. The standard InChI is InChI=1S/C19H20N4O4S3/c1-9-15(16(25)23-19-22-10(2)18(30-19)28-8-14(20)24)29-17(21-9)11-5-6-12(26-3)13(7-11)27-4/h5-7H,8H2,1-4H3,(H2,20,24)(H,22,23,25). The molecule has 30 heavy (non-hydrogen) atoms. The largest absolute Gasteiger partial charge is 0.493 e. The average molecular weight is 465 g/mol. The highest BCUT2D eigenvalue weighted by atomic mass is 32.2. The van der Waals surface area contributed by atoms with Gasteiger partial charge in [-0.3, -0.25) is 14.9 Å². The molecule has 3 N–H and O–H groups in total. The first-order valence-corrected chi connectivity index (χ1v) is 11.3. The molecule has 0 saturated carbocycles. The maximum Gasteiger partial charge on any atom is 0.269 e. The number of primary amides is 1. The number of benzene rings is 1. The minimum atomic E-state index is -0.402. The van der Waals surface area contributed by atoms with E-state index in [2.05, 4.69) is 15.3 Å². The SMILES string of the molecule is COc1ccc(-c2nc(C)c(C(=O)Nc3nc(C)c(SCC(N)=O)s3)s2)cc1OC. The monoisotopic (exact) mass is 464 g/mol. The van der Waals surface area contributed by atoms with E-state index in [9.17, 15) is 9.59 Å². The predicted octanol–water partition coefficient (Wildman–Crippen LogP) is 3.73. The molecule has 0 saturated heterocycles. The van der Waals surface area contributed by atoms with Crippen LogP contribution in [-0.2, 0) is 4.79 Å². The summed E-state index contributed by atoms with van der Waals surface area (Å²) in [6, 6.07) is 5.49. The smallest absolute Gasteiger partial charge is 0.269 e. The van der Waals surface area contributed by atoms with Crippen LogP contribution < -0.4 is 20.5 Å². The van der Waals surface area contributed by atoms with E-state index in [1.54, 1.807) is 27.2 Å². The summed E-state index contributed by atoms with van der Waals surface area (Å²) < 4.78 is 11.5. The Labute approximate surface area is 185 Å². The molecule has 2 heterocycles. The van der Waals surface area contributed by atoms with Gasteiger partial charge in [-0.25, -0.2) is 9.97 Å². The number of aryl methyl sites for hydroxylation is 2. The van der Waals surface area contributed by atoms with Gasteiger partial charge in [0.05, 0.1) is 35.6 Å². The molecule has 8 nitrogen and oxygen atoms in total. The van der Waals surface area contributed by atoms with Crippen LogP contribution in [0, 0.1) is 13.8 Å². The first-order valence-electron chi connectivity index (χ1n) is 8.72. The molecule has 0 aliphatic carbocycles. The zero-order valence-electron chi connectivity index (χ0n) is 16.8. The highest BCUT2D eigenvalue weighted by Crippen LogP contribution is 2.36. The van der Waals surface area contributed by atoms with Crippen LogP contribution in [0.3, 0.4) is 0 Å². The van der Waals surface area contributed by atoms with Gasteiger partial charge in [-0.2, -0.15) is 0 Å². The summed E-state index contributed by atoms with van der Waals surface area (Å²) in [7, 11) is 3.14. The lowest BCUT2D eigenvalue weighted by Crippen LogP contribution is -2.12. The van der Waals surface area contributed by atoms with Crippen molar-refractivity contribution in [2.75, 3.05) is 25.3 Å². The van der Waals surface area contributed by atoms with E-state index < -0.39 is 5.91 Å². The number of ether oxygens (including phenoxy) is 2. The number of aromatic nitrogens is 2. The molecule has 0 fully saturated rings. The lowest BCUT2D eigenvalue weighted by atomic mass is 10.2. The topological polar surface area (TPSA) is 116 Å². The third kappa shape index (κ3) is 4.91. The summed E-state index contributed by atoms with van der Waals surface area (Å²) in [5, 5.41) is 3.98. The number of rotatable bonds is 8. The highest BCUT2D eigenvalue weighted by Gasteiger charge is 2.19. The lowest BCUT2D eigenvalue weighted by Gasteiger charge is -2.08. The predicted molar refractivity (Wildman–Crippen MR) is 120 cm³/mol. The van der Waals surface area contributed by atoms with E-state index in [4.69, 9.17) is 15.2 Å². The molecule has 158 valence electrons. The molecule has 0 unspecified atom stereocenters. The number of nitrogens with one attached hydrogen (secondary N) is 1. The van der Waals surface area contributed by atoms with E-state index in [0.717, 1.165) is 15.5 Å². The first-order chi connectivity index (χ1) is 14.3. The Morgan fingerprint density at radius 2 is 1.83 bits per heavy atom. The summed E-state index contributed by atoms with van der Waals surface area (Å²) in [6.07, 6.45) is 0. The molecule has 11 heteroatoms. The summed E-state index contributed by atoms with van der Waals surface area (Å²) in [5.41, 5.74) is 7.39. The zero-order chi connectivity index (χ0) is 21.8. The number of thioether (sulfide) groups is 1. The molecule has 3 rings (SSSR count). The Morgan fingerprint density at radius 1 is 1.10 bits per heavy atom. The molecule has 0 radical (unpaired) electrons. The summed E-state index contributed by atoms with van der Waals surface area (Å²) in [6.45, 7) is 3.61. The van der Waals surface area contributed by atoms with E-state index in [1.165, 1.54) is 34.4 Å². The molecule has 0 bridgehead atoms. The quantitative estimate of drug-likeness (QED) is 0.488. The number of nitrogens with zero attached hydrogens (tertiary/aromatic N) is 2. The van der Waals surface area contributed by atoms with E-state index in [1.807, 2.05) is 19.1 Å². The van der Waals surface area contributed by atoms with Gasteiger partial charge in [0, 0.05) is 5.56 Å². The van der Waals surface area contributed by atoms with Crippen LogP contribution in [0.25, 0.3) is 10.6 Å². The van der Waals surface area contributed by atoms with E-state index in [-0.39, 0.29) is 11.7 Å². The molecule has 0 aliphatic rings. The Hall–Kier alpha value is -2.63. The fraction of sp³-hybridized carbons (Fsp3) is 0.263. The van der Waals surface area contributed by atoms with Gasteiger partial charge in [0.2, 0.25) is 5.91 Å². The van der Waals surface area contributed by atoms with Crippen LogP contribution in [0.1, 0.15) is 21.1 Å². The number of carbonyl (C=O) groups is 2. The van der Waals surface area contributed by atoms with Crippen molar-refractivity contribution in [3.63, 3.8) is 0 Å².